The van der Waals surface area contributed by atoms with Gasteiger partial charge in [0.25, 0.3) is 5.91 Å². The molecule has 1 aliphatic rings. The maximum absolute atomic E-state index is 12.8. The van der Waals surface area contributed by atoms with Crippen LogP contribution in [-0.4, -0.2) is 17.9 Å². The molecule has 1 fully saturated rings. The number of amides is 1. The van der Waals surface area contributed by atoms with Crippen molar-refractivity contribution < 1.29 is 14.7 Å². The quantitative estimate of drug-likeness (QED) is 0.861. The van der Waals surface area contributed by atoms with Crippen molar-refractivity contribution in [3.8, 4) is 0 Å². The molecule has 0 saturated carbocycles. The molecule has 0 aromatic heterocycles. The highest BCUT2D eigenvalue weighted by atomic mass is 16.4. The zero-order valence-electron chi connectivity index (χ0n) is 15.0. The van der Waals surface area contributed by atoms with E-state index in [-0.39, 0.29) is 17.5 Å². The standard InChI is InChI=1S/C21H22N2O3/c1-13(2)16-6-4-15(5-7-16)12-19-14(3)22-23(20(19)24)18-10-8-17(9-11-18)21(25)26/h4-14,22H,1-3H3,(H,25,26)/p-1. The van der Waals surface area contributed by atoms with Crippen LogP contribution < -0.4 is 15.5 Å². The average Bonchev–Trinajstić information content (AvgIpc) is 2.90. The maximum atomic E-state index is 12.8. The number of anilines is 1. The highest BCUT2D eigenvalue weighted by molar-refractivity contribution is 6.11. The summed E-state index contributed by atoms with van der Waals surface area (Å²) in [4.78, 5) is 23.6. The van der Waals surface area contributed by atoms with Crippen LogP contribution in [0, 0.1) is 0 Å². The number of aromatic carboxylic acids is 1. The first-order valence-electron chi connectivity index (χ1n) is 8.60. The molecule has 1 unspecified atom stereocenters. The molecule has 1 amide bonds. The molecule has 26 heavy (non-hydrogen) atoms. The van der Waals surface area contributed by atoms with Gasteiger partial charge in [-0.3, -0.25) is 4.79 Å². The Hall–Kier alpha value is -2.92. The zero-order valence-corrected chi connectivity index (χ0v) is 15.0. The Morgan fingerprint density at radius 3 is 2.27 bits per heavy atom. The lowest BCUT2D eigenvalue weighted by Crippen LogP contribution is -2.36. The third-order valence-corrected chi connectivity index (χ3v) is 4.53. The third-order valence-electron chi connectivity index (χ3n) is 4.53. The number of carboxylic acid groups (broad SMARTS) is 1. The molecule has 2 aromatic carbocycles. The number of nitrogens with zero attached hydrogens (tertiary/aromatic N) is 1. The van der Waals surface area contributed by atoms with E-state index in [1.165, 1.54) is 22.7 Å². The Labute approximate surface area is 152 Å². The van der Waals surface area contributed by atoms with Gasteiger partial charge in [-0.2, -0.15) is 0 Å². The normalized spacial score (nSPS) is 18.8. The Bertz CT molecular complexity index is 852. The fraction of sp³-hybridized carbons (Fsp3) is 0.238. The smallest absolute Gasteiger partial charge is 0.270 e. The predicted octanol–water partition coefficient (Wildman–Crippen LogP) is 2.50. The summed E-state index contributed by atoms with van der Waals surface area (Å²) in [5.74, 6) is -0.924. The van der Waals surface area contributed by atoms with Crippen LogP contribution in [0.5, 0.6) is 0 Å². The Kier molecular flexibility index (Phi) is 4.91. The first-order chi connectivity index (χ1) is 12.4. The van der Waals surface area contributed by atoms with E-state index in [1.807, 2.05) is 25.1 Å². The van der Waals surface area contributed by atoms with Crippen molar-refractivity contribution in [3.05, 3.63) is 70.8 Å². The molecule has 0 radical (unpaired) electrons. The second-order valence-corrected chi connectivity index (χ2v) is 6.75. The van der Waals surface area contributed by atoms with Crippen LogP contribution in [0.3, 0.4) is 0 Å². The molecule has 134 valence electrons. The van der Waals surface area contributed by atoms with Gasteiger partial charge in [0.15, 0.2) is 0 Å². The van der Waals surface area contributed by atoms with Crippen molar-refractivity contribution in [2.45, 2.75) is 32.7 Å². The molecule has 2 aromatic rings. The van der Waals surface area contributed by atoms with E-state index in [2.05, 4.69) is 31.4 Å². The minimum absolute atomic E-state index is 0.0782. The number of rotatable bonds is 4. The van der Waals surface area contributed by atoms with Crippen LogP contribution in [0.2, 0.25) is 0 Å². The van der Waals surface area contributed by atoms with Gasteiger partial charge in [-0.1, -0.05) is 50.2 Å². The number of carbonyl (C=O) groups is 2. The average molecular weight is 349 g/mol. The highest BCUT2D eigenvalue weighted by Crippen LogP contribution is 2.25. The van der Waals surface area contributed by atoms with Crippen molar-refractivity contribution in [3.63, 3.8) is 0 Å². The fourth-order valence-corrected chi connectivity index (χ4v) is 2.92. The fourth-order valence-electron chi connectivity index (χ4n) is 2.92. The molecule has 1 aliphatic heterocycles. The summed E-state index contributed by atoms with van der Waals surface area (Å²) in [6, 6.07) is 14.1. The van der Waals surface area contributed by atoms with Gasteiger partial charge in [0.2, 0.25) is 0 Å². The minimum Gasteiger partial charge on any atom is -0.545 e. The Balaban J connectivity index is 1.84. The molecule has 1 saturated heterocycles. The summed E-state index contributed by atoms with van der Waals surface area (Å²) in [5.41, 5.74) is 6.67. The van der Waals surface area contributed by atoms with Crippen LogP contribution in [0.15, 0.2) is 54.1 Å². The van der Waals surface area contributed by atoms with Crippen LogP contribution in [-0.2, 0) is 4.79 Å². The summed E-state index contributed by atoms with van der Waals surface area (Å²) in [6.07, 6.45) is 1.89. The van der Waals surface area contributed by atoms with Crippen LogP contribution in [0.4, 0.5) is 5.69 Å². The SMILES string of the molecule is CC1NN(c2ccc(C(=O)[O-])cc2)C(=O)C1=Cc1ccc(C(C)C)cc1. The number of hydrazine groups is 1. The van der Waals surface area contributed by atoms with Crippen molar-refractivity contribution >= 4 is 23.6 Å². The lowest BCUT2D eigenvalue weighted by atomic mass is 10.00. The van der Waals surface area contributed by atoms with Crippen molar-refractivity contribution in [2.75, 3.05) is 5.01 Å². The summed E-state index contributed by atoms with van der Waals surface area (Å²) >= 11 is 0. The van der Waals surface area contributed by atoms with Gasteiger partial charge in [0.1, 0.15) is 0 Å². The minimum atomic E-state index is -1.24. The van der Waals surface area contributed by atoms with E-state index in [1.54, 1.807) is 12.1 Å². The van der Waals surface area contributed by atoms with Gasteiger partial charge in [0, 0.05) is 5.57 Å². The van der Waals surface area contributed by atoms with E-state index in [0.29, 0.717) is 17.2 Å². The Morgan fingerprint density at radius 2 is 1.73 bits per heavy atom. The van der Waals surface area contributed by atoms with Gasteiger partial charge in [0.05, 0.1) is 17.7 Å². The molecule has 1 atom stereocenters. The molecular formula is C21H21N2O3-. The van der Waals surface area contributed by atoms with Crippen LogP contribution >= 0.6 is 0 Å². The first kappa shape index (κ1) is 17.9. The predicted molar refractivity (Wildman–Crippen MR) is 99.4 cm³/mol. The monoisotopic (exact) mass is 349 g/mol. The molecule has 1 N–H and O–H groups in total. The lowest BCUT2D eigenvalue weighted by molar-refractivity contribution is -0.255. The highest BCUT2D eigenvalue weighted by Gasteiger charge is 2.32. The number of hydrogen-bond donors (Lipinski definition) is 1. The van der Waals surface area contributed by atoms with E-state index in [0.717, 1.165) is 5.56 Å². The van der Waals surface area contributed by atoms with Crippen molar-refractivity contribution in [2.24, 2.45) is 0 Å². The molecule has 1 heterocycles. The number of benzene rings is 2. The molecule has 5 heteroatoms. The zero-order chi connectivity index (χ0) is 18.8. The second-order valence-electron chi connectivity index (χ2n) is 6.75. The molecular weight excluding hydrogens is 328 g/mol. The molecule has 0 spiro atoms. The van der Waals surface area contributed by atoms with Gasteiger partial charge < -0.3 is 9.90 Å². The first-order valence-corrected chi connectivity index (χ1v) is 8.60. The van der Waals surface area contributed by atoms with Crippen molar-refractivity contribution in [1.29, 1.82) is 0 Å². The lowest BCUT2D eigenvalue weighted by Gasteiger charge is -2.16. The summed E-state index contributed by atoms with van der Waals surface area (Å²) in [5, 5.41) is 12.3. The molecule has 0 aliphatic carbocycles. The molecule has 5 nitrogen and oxygen atoms in total. The number of carboxylic acids is 1. The number of hydrogen-bond acceptors (Lipinski definition) is 4. The van der Waals surface area contributed by atoms with Gasteiger partial charge >= 0.3 is 0 Å². The third kappa shape index (κ3) is 3.53. The van der Waals surface area contributed by atoms with E-state index in [9.17, 15) is 14.7 Å². The summed E-state index contributed by atoms with van der Waals surface area (Å²) in [7, 11) is 0. The van der Waals surface area contributed by atoms with Gasteiger partial charge in [-0.15, -0.1) is 0 Å². The molecule has 0 bridgehead atoms. The summed E-state index contributed by atoms with van der Waals surface area (Å²) in [6.45, 7) is 6.20. The maximum Gasteiger partial charge on any atom is 0.270 e. The second kappa shape index (κ2) is 7.14. The van der Waals surface area contributed by atoms with E-state index >= 15 is 0 Å². The van der Waals surface area contributed by atoms with Gasteiger partial charge in [-0.05, 0) is 47.7 Å². The van der Waals surface area contributed by atoms with Crippen LogP contribution in [0.1, 0.15) is 48.2 Å². The van der Waals surface area contributed by atoms with E-state index < -0.39 is 5.97 Å². The van der Waals surface area contributed by atoms with E-state index in [4.69, 9.17) is 0 Å². The van der Waals surface area contributed by atoms with Gasteiger partial charge in [-0.25, -0.2) is 10.4 Å². The topological polar surface area (TPSA) is 72.5 Å². The van der Waals surface area contributed by atoms with Crippen molar-refractivity contribution in [1.82, 2.24) is 5.43 Å². The number of carbonyl (C=O) groups excluding carboxylic acids is 2. The summed E-state index contributed by atoms with van der Waals surface area (Å²) < 4.78 is 0. The Morgan fingerprint density at radius 1 is 1.12 bits per heavy atom. The largest absolute Gasteiger partial charge is 0.545 e. The number of nitrogens with one attached hydrogen (secondary N) is 1. The molecule has 3 rings (SSSR count). The van der Waals surface area contributed by atoms with Crippen LogP contribution in [0.25, 0.3) is 6.08 Å².